The van der Waals surface area contributed by atoms with Crippen molar-refractivity contribution in [2.24, 2.45) is 0 Å². The lowest BCUT2D eigenvalue weighted by Gasteiger charge is -2.26. The first-order valence-electron chi connectivity index (χ1n) is 10.3. The Morgan fingerprint density at radius 1 is 1.23 bits per heavy atom. The summed E-state index contributed by atoms with van der Waals surface area (Å²) in [6, 6.07) is 6.35. The van der Waals surface area contributed by atoms with E-state index in [4.69, 9.17) is 17.7 Å². The molecule has 174 valence electrons. The van der Waals surface area contributed by atoms with Crippen molar-refractivity contribution in [3.63, 3.8) is 0 Å². The molecule has 2 N–H and O–H groups in total. The molecule has 10 heteroatoms. The maximum atomic E-state index is 10.7. The van der Waals surface area contributed by atoms with Crippen molar-refractivity contribution in [1.29, 1.82) is 0 Å². The van der Waals surface area contributed by atoms with Crippen LogP contribution >= 0.6 is 0 Å². The summed E-state index contributed by atoms with van der Waals surface area (Å²) >= 11 is 0. The number of H-pyrrole nitrogens is 1. The number of ether oxygens (including phenoxy) is 1. The minimum absolute atomic E-state index is 0.766. The predicted molar refractivity (Wildman–Crippen MR) is 116 cm³/mol. The summed E-state index contributed by atoms with van der Waals surface area (Å²) in [6.45, 7) is 8.64. The summed E-state index contributed by atoms with van der Waals surface area (Å²) in [5.41, 5.74) is -1.59. The van der Waals surface area contributed by atoms with Crippen molar-refractivity contribution >= 4 is 26.6 Å². The monoisotopic (exact) mass is 462 g/mol. The molecule has 31 heavy (non-hydrogen) atoms. The molecule has 0 spiro atoms. The molecule has 1 aromatic carbocycles. The minimum Gasteiger partial charge on any atom is -0.491 e. The van der Waals surface area contributed by atoms with E-state index in [1.807, 2.05) is 0 Å². The van der Waals surface area contributed by atoms with Gasteiger partial charge in [0.05, 0.1) is 12.1 Å². The molecule has 0 unspecified atom stereocenters. The van der Waals surface area contributed by atoms with E-state index in [2.05, 4.69) is 54.2 Å². The van der Waals surface area contributed by atoms with Crippen molar-refractivity contribution in [2.45, 2.75) is 45.0 Å². The van der Waals surface area contributed by atoms with Crippen LogP contribution in [0.4, 0.5) is 13.2 Å². The van der Waals surface area contributed by atoms with Gasteiger partial charge < -0.3 is 9.72 Å². The van der Waals surface area contributed by atoms with Gasteiger partial charge in [0.15, 0.2) is 0 Å². The van der Waals surface area contributed by atoms with Crippen LogP contribution in [-0.2, 0) is 10.1 Å². The number of hydrogen-bond acceptors (Lipinski definition) is 4. The Morgan fingerprint density at radius 2 is 1.94 bits per heavy atom. The third-order valence-electron chi connectivity index (χ3n) is 4.90. The molecule has 0 bridgehead atoms. The average Bonchev–Trinajstić information content (AvgIpc) is 3.15. The van der Waals surface area contributed by atoms with Gasteiger partial charge in [-0.25, -0.2) is 0 Å². The van der Waals surface area contributed by atoms with Gasteiger partial charge in [0, 0.05) is 30.2 Å². The molecule has 0 atom stereocenters. The van der Waals surface area contributed by atoms with Crippen LogP contribution in [0.3, 0.4) is 0 Å². The molecule has 3 rings (SSSR count). The minimum atomic E-state index is -5.84. The third kappa shape index (κ3) is 6.98. The maximum Gasteiger partial charge on any atom is 0.522 e. The molecule has 0 aliphatic carbocycles. The van der Waals surface area contributed by atoms with Crippen LogP contribution in [0, 0.1) is 0 Å². The third-order valence-corrected chi connectivity index (χ3v) is 5.48. The molecule has 6 nitrogen and oxygen atoms in total. The highest BCUT2D eigenvalue weighted by Gasteiger charge is 2.44. The first-order valence-corrected chi connectivity index (χ1v) is 11.7. The van der Waals surface area contributed by atoms with Gasteiger partial charge in [0.1, 0.15) is 5.75 Å². The lowest BCUT2D eigenvalue weighted by molar-refractivity contribution is -0.0510. The van der Waals surface area contributed by atoms with E-state index >= 15 is 0 Å². The molecule has 0 radical (unpaired) electrons. The Morgan fingerprint density at radius 3 is 2.48 bits per heavy atom. The zero-order valence-corrected chi connectivity index (χ0v) is 18.5. The van der Waals surface area contributed by atoms with Crippen LogP contribution in [0.5, 0.6) is 5.75 Å². The van der Waals surface area contributed by atoms with Crippen molar-refractivity contribution in [1.82, 2.24) is 9.88 Å². The SMILES string of the molecule is CCCCN1CC=C(c2c[nH]c3c(OCCC)cccc23)CC1.O=S(=O)(O)C(F)(F)F. The van der Waals surface area contributed by atoms with Crippen LogP contribution in [0.25, 0.3) is 16.5 Å². The number of alkyl halides is 3. The predicted octanol–water partition coefficient (Wildman–Crippen LogP) is 5.24. The van der Waals surface area contributed by atoms with Crippen LogP contribution in [0.15, 0.2) is 30.5 Å². The zero-order chi connectivity index (χ0) is 23.1. The number of unbranched alkanes of at least 4 members (excludes halogenated alkanes) is 1. The number of para-hydroxylation sites is 1. The second-order valence-electron chi connectivity index (χ2n) is 7.28. The number of nitrogens with zero attached hydrogens (tertiary/aromatic N) is 1. The van der Waals surface area contributed by atoms with Gasteiger partial charge in [0.2, 0.25) is 0 Å². The van der Waals surface area contributed by atoms with Gasteiger partial charge in [-0.05, 0) is 37.4 Å². The summed E-state index contributed by atoms with van der Waals surface area (Å²) in [4.78, 5) is 5.98. The summed E-state index contributed by atoms with van der Waals surface area (Å²) in [6.07, 6.45) is 9.29. The Bertz CT molecular complexity index is 984. The topological polar surface area (TPSA) is 82.6 Å². The van der Waals surface area contributed by atoms with Gasteiger partial charge >= 0.3 is 15.6 Å². The molecule has 1 aliphatic rings. The normalized spacial score (nSPS) is 15.4. The summed E-state index contributed by atoms with van der Waals surface area (Å²) < 4.78 is 63.4. The van der Waals surface area contributed by atoms with E-state index < -0.39 is 15.6 Å². The molecular formula is C21H29F3N2O4S. The van der Waals surface area contributed by atoms with Gasteiger partial charge in [-0.1, -0.05) is 38.5 Å². The van der Waals surface area contributed by atoms with E-state index in [1.54, 1.807) is 0 Å². The van der Waals surface area contributed by atoms with Crippen molar-refractivity contribution in [3.05, 3.63) is 36.0 Å². The molecule has 2 heterocycles. The maximum absolute atomic E-state index is 10.7. The number of benzene rings is 1. The fourth-order valence-electron chi connectivity index (χ4n) is 3.27. The molecule has 0 fully saturated rings. The first kappa shape index (κ1) is 25.2. The molecule has 0 saturated heterocycles. The summed E-state index contributed by atoms with van der Waals surface area (Å²) in [7, 11) is -5.84. The van der Waals surface area contributed by atoms with Crippen LogP contribution in [-0.4, -0.2) is 54.6 Å². The van der Waals surface area contributed by atoms with E-state index in [9.17, 15) is 13.2 Å². The zero-order valence-electron chi connectivity index (χ0n) is 17.7. The fraction of sp³-hybridized carbons (Fsp3) is 0.524. The standard InChI is InChI=1S/C20H28N2O.CHF3O3S/c1-3-5-11-22-12-9-16(10-13-22)18-15-21-20-17(18)7-6-8-19(20)23-14-4-2;2-1(3,4)8(5,6)7/h6-9,15,21H,3-5,10-14H2,1-2H3;(H,5,6,7). The number of halogens is 3. The molecule has 0 amide bonds. The lowest BCUT2D eigenvalue weighted by atomic mass is 9.98. The van der Waals surface area contributed by atoms with Crippen molar-refractivity contribution in [3.8, 4) is 5.75 Å². The van der Waals surface area contributed by atoms with Crippen molar-refractivity contribution < 1.29 is 30.9 Å². The summed E-state index contributed by atoms with van der Waals surface area (Å²) in [5.74, 6) is 0.969. The second-order valence-corrected chi connectivity index (χ2v) is 8.70. The number of rotatable bonds is 7. The van der Waals surface area contributed by atoms with Crippen LogP contribution in [0.2, 0.25) is 0 Å². The molecule has 2 aromatic rings. The van der Waals surface area contributed by atoms with Crippen LogP contribution < -0.4 is 4.74 Å². The number of aromatic nitrogens is 1. The number of fused-ring (bicyclic) bond motifs is 1. The lowest BCUT2D eigenvalue weighted by Crippen LogP contribution is -2.29. The van der Waals surface area contributed by atoms with Gasteiger partial charge in [-0.3, -0.25) is 9.45 Å². The molecule has 1 aliphatic heterocycles. The van der Waals surface area contributed by atoms with E-state index in [-0.39, 0.29) is 0 Å². The first-order chi connectivity index (χ1) is 14.6. The van der Waals surface area contributed by atoms with Crippen LogP contribution in [0.1, 0.15) is 45.1 Å². The van der Waals surface area contributed by atoms with E-state index in [1.165, 1.54) is 42.5 Å². The Kier molecular flexibility index (Phi) is 8.96. The number of hydrogen-bond donors (Lipinski definition) is 2. The highest BCUT2D eigenvalue weighted by atomic mass is 32.2. The van der Waals surface area contributed by atoms with E-state index in [0.717, 1.165) is 37.3 Å². The van der Waals surface area contributed by atoms with Gasteiger partial charge in [0.25, 0.3) is 0 Å². The number of aromatic amines is 1. The second kappa shape index (κ2) is 11.0. The highest BCUT2D eigenvalue weighted by Crippen LogP contribution is 2.33. The van der Waals surface area contributed by atoms with Crippen molar-refractivity contribution in [2.75, 3.05) is 26.2 Å². The summed E-state index contributed by atoms with van der Waals surface area (Å²) in [5, 5.41) is 1.28. The quantitative estimate of drug-likeness (QED) is 0.434. The average molecular weight is 463 g/mol. The fourth-order valence-corrected chi connectivity index (χ4v) is 3.27. The largest absolute Gasteiger partial charge is 0.522 e. The molecular weight excluding hydrogens is 433 g/mol. The van der Waals surface area contributed by atoms with Gasteiger partial charge in [-0.15, -0.1) is 0 Å². The Labute approximate surface area is 180 Å². The highest BCUT2D eigenvalue weighted by molar-refractivity contribution is 7.86. The molecule has 0 saturated carbocycles. The Balaban J connectivity index is 0.000000366. The Hall–Kier alpha value is -2.04. The van der Waals surface area contributed by atoms with Gasteiger partial charge in [-0.2, -0.15) is 21.6 Å². The molecule has 1 aromatic heterocycles. The smallest absolute Gasteiger partial charge is 0.491 e. The van der Waals surface area contributed by atoms with E-state index in [0.29, 0.717) is 0 Å². The number of nitrogens with one attached hydrogen (secondary N) is 1.